The van der Waals surface area contributed by atoms with Crippen LogP contribution in [0, 0.1) is 5.92 Å². The molecule has 0 bridgehead atoms. The summed E-state index contributed by atoms with van der Waals surface area (Å²) in [6, 6.07) is 13.1. The number of hydrogen-bond donors (Lipinski definition) is 1. The predicted molar refractivity (Wildman–Crippen MR) is 142 cm³/mol. The van der Waals surface area contributed by atoms with E-state index in [9.17, 15) is 9.90 Å². The Hall–Kier alpha value is -2.90. The lowest BCUT2D eigenvalue weighted by molar-refractivity contribution is -0.132. The molecule has 2 saturated heterocycles. The lowest BCUT2D eigenvalue weighted by Gasteiger charge is -2.41. The molecule has 1 aliphatic carbocycles. The molecular weight excluding hydrogens is 450 g/mol. The molecule has 6 rings (SSSR count). The second kappa shape index (κ2) is 9.20. The third-order valence-corrected chi connectivity index (χ3v) is 8.33. The number of benzene rings is 1. The number of aromatic nitrogens is 2. The first-order valence-corrected chi connectivity index (χ1v) is 13.5. The smallest absolute Gasteiger partial charge is 0.225 e. The topological polar surface area (TPSA) is 64.3 Å². The van der Waals surface area contributed by atoms with Gasteiger partial charge in [0, 0.05) is 62.6 Å². The summed E-state index contributed by atoms with van der Waals surface area (Å²) >= 11 is 0. The summed E-state index contributed by atoms with van der Waals surface area (Å²) in [5.41, 5.74) is 4.69. The first kappa shape index (κ1) is 23.5. The Morgan fingerprint density at radius 3 is 2.47 bits per heavy atom. The van der Waals surface area contributed by atoms with Crippen LogP contribution in [-0.2, 0) is 10.4 Å². The molecule has 3 aromatic rings. The van der Waals surface area contributed by atoms with Gasteiger partial charge in [0.25, 0.3) is 0 Å². The maximum atomic E-state index is 12.4. The van der Waals surface area contributed by atoms with E-state index in [1.165, 1.54) is 0 Å². The Balaban J connectivity index is 1.20. The van der Waals surface area contributed by atoms with Gasteiger partial charge in [-0.25, -0.2) is 4.52 Å². The molecular formula is C29H37N5O2. The first-order chi connectivity index (χ1) is 17.4. The fraction of sp³-hybridized carbons (Fsp3) is 0.517. The van der Waals surface area contributed by atoms with E-state index in [0.29, 0.717) is 18.5 Å². The number of carbonyl (C=O) groups excluding carboxylic acids is 1. The molecule has 0 unspecified atom stereocenters. The quantitative estimate of drug-likeness (QED) is 0.594. The third kappa shape index (κ3) is 4.39. The number of fused-ring (bicyclic) bond motifs is 1. The molecule has 1 amide bonds. The third-order valence-electron chi connectivity index (χ3n) is 8.33. The number of amides is 1. The molecule has 1 saturated carbocycles. The van der Waals surface area contributed by atoms with Crippen molar-refractivity contribution in [3.05, 3.63) is 54.4 Å². The van der Waals surface area contributed by atoms with E-state index in [-0.39, 0.29) is 5.92 Å². The van der Waals surface area contributed by atoms with Crippen molar-refractivity contribution < 1.29 is 9.90 Å². The van der Waals surface area contributed by atoms with Crippen LogP contribution in [0.3, 0.4) is 0 Å². The van der Waals surface area contributed by atoms with Gasteiger partial charge in [-0.3, -0.25) is 9.69 Å². The summed E-state index contributed by atoms with van der Waals surface area (Å²) in [4.78, 5) is 19.2. The molecule has 1 atom stereocenters. The molecule has 190 valence electrons. The number of hydrogen-bond acceptors (Lipinski definition) is 5. The molecule has 2 aliphatic heterocycles. The van der Waals surface area contributed by atoms with Crippen LogP contribution in [0.15, 0.2) is 48.8 Å². The molecule has 0 radical (unpaired) electrons. The Morgan fingerprint density at radius 1 is 1.03 bits per heavy atom. The molecule has 7 heteroatoms. The lowest BCUT2D eigenvalue weighted by Crippen LogP contribution is -2.49. The molecule has 36 heavy (non-hydrogen) atoms. The monoisotopic (exact) mass is 487 g/mol. The minimum Gasteiger partial charge on any atom is -0.384 e. The van der Waals surface area contributed by atoms with Crippen molar-refractivity contribution in [2.45, 2.75) is 51.2 Å². The van der Waals surface area contributed by atoms with Crippen molar-refractivity contribution in [3.8, 4) is 11.1 Å². The molecule has 2 aromatic heterocycles. The molecule has 7 nitrogen and oxygen atoms in total. The Morgan fingerprint density at radius 2 is 1.78 bits per heavy atom. The van der Waals surface area contributed by atoms with Gasteiger partial charge in [-0.1, -0.05) is 24.3 Å². The number of β-amino-alcohol motifs (C(OH)–C–C–N with tert-alkyl or cyclic N) is 1. The average molecular weight is 488 g/mol. The minimum atomic E-state index is -0.787. The number of aliphatic hydroxyl groups is 1. The standard InChI is InChI=1S/C29H37N5O2/c1-21(2)33-13-3-11-29(36,20-33)25-8-6-22(7-9-25)24-18-27-26(10-12-30-34(27)19-24)31-14-16-32(17-15-31)28(35)23-4-5-23/h6-10,12,18-19,21,23,36H,3-5,11,13-17,20H2,1-2H3/t29-/m0/s1. The van der Waals surface area contributed by atoms with Gasteiger partial charge in [0.15, 0.2) is 0 Å². The maximum Gasteiger partial charge on any atom is 0.225 e. The van der Waals surface area contributed by atoms with Crippen LogP contribution >= 0.6 is 0 Å². The maximum absolute atomic E-state index is 12.4. The van der Waals surface area contributed by atoms with Gasteiger partial charge in [-0.2, -0.15) is 5.10 Å². The van der Waals surface area contributed by atoms with Crippen LogP contribution in [0.25, 0.3) is 16.6 Å². The number of anilines is 1. The zero-order valence-electron chi connectivity index (χ0n) is 21.4. The number of likely N-dealkylation sites (tertiary alicyclic amines) is 1. The fourth-order valence-electron chi connectivity index (χ4n) is 5.90. The van der Waals surface area contributed by atoms with Gasteiger partial charge in [-0.05, 0) is 69.3 Å². The average Bonchev–Trinajstić information content (AvgIpc) is 3.66. The first-order valence-electron chi connectivity index (χ1n) is 13.5. The van der Waals surface area contributed by atoms with E-state index in [2.05, 4.69) is 71.3 Å². The van der Waals surface area contributed by atoms with E-state index < -0.39 is 5.60 Å². The summed E-state index contributed by atoms with van der Waals surface area (Å²) in [6.45, 7) is 9.40. The number of rotatable bonds is 5. The van der Waals surface area contributed by atoms with Crippen molar-refractivity contribution in [1.82, 2.24) is 19.4 Å². The summed E-state index contributed by atoms with van der Waals surface area (Å²) in [6.07, 6.45) is 7.88. The number of nitrogens with zero attached hydrogens (tertiary/aromatic N) is 5. The van der Waals surface area contributed by atoms with E-state index in [1.54, 1.807) is 0 Å². The number of piperidine rings is 1. The van der Waals surface area contributed by atoms with E-state index >= 15 is 0 Å². The van der Waals surface area contributed by atoms with E-state index in [1.807, 2.05) is 15.6 Å². The highest BCUT2D eigenvalue weighted by atomic mass is 16.3. The fourth-order valence-corrected chi connectivity index (χ4v) is 5.90. The Labute approximate surface area is 213 Å². The Bertz CT molecular complexity index is 1240. The van der Waals surface area contributed by atoms with Crippen molar-refractivity contribution >= 4 is 17.1 Å². The van der Waals surface area contributed by atoms with Crippen LogP contribution < -0.4 is 4.90 Å². The number of piperazine rings is 1. The molecule has 1 N–H and O–H groups in total. The van der Waals surface area contributed by atoms with Crippen LogP contribution in [0.4, 0.5) is 5.69 Å². The second-order valence-corrected chi connectivity index (χ2v) is 11.1. The van der Waals surface area contributed by atoms with Crippen molar-refractivity contribution in [3.63, 3.8) is 0 Å². The molecule has 3 aliphatic rings. The predicted octanol–water partition coefficient (Wildman–Crippen LogP) is 3.75. The Kier molecular flexibility index (Phi) is 6.00. The van der Waals surface area contributed by atoms with Gasteiger partial charge < -0.3 is 14.9 Å². The van der Waals surface area contributed by atoms with Crippen LogP contribution in [-0.4, -0.2) is 75.7 Å². The van der Waals surface area contributed by atoms with Gasteiger partial charge in [-0.15, -0.1) is 0 Å². The summed E-state index contributed by atoms with van der Waals surface area (Å²) in [7, 11) is 0. The summed E-state index contributed by atoms with van der Waals surface area (Å²) in [5, 5.41) is 16.0. The minimum absolute atomic E-state index is 0.289. The molecule has 0 spiro atoms. The molecule has 1 aromatic carbocycles. The highest BCUT2D eigenvalue weighted by Crippen LogP contribution is 2.35. The highest BCUT2D eigenvalue weighted by Gasteiger charge is 2.36. The number of carbonyl (C=O) groups is 1. The zero-order chi connectivity index (χ0) is 24.9. The highest BCUT2D eigenvalue weighted by molar-refractivity contribution is 5.82. The van der Waals surface area contributed by atoms with Crippen LogP contribution in [0.5, 0.6) is 0 Å². The van der Waals surface area contributed by atoms with E-state index in [0.717, 1.165) is 86.3 Å². The molecule has 4 heterocycles. The summed E-state index contributed by atoms with van der Waals surface area (Å²) < 4.78 is 1.95. The largest absolute Gasteiger partial charge is 0.384 e. The van der Waals surface area contributed by atoms with Crippen molar-refractivity contribution in [1.29, 1.82) is 0 Å². The summed E-state index contributed by atoms with van der Waals surface area (Å²) in [5.74, 6) is 0.634. The SMILES string of the molecule is CC(C)N1CCC[C@@](O)(c2ccc(-c3cc4c(N5CCN(C(=O)C6CC6)CC5)ccnn4c3)cc2)C1. The normalized spacial score (nSPS) is 23.6. The van der Waals surface area contributed by atoms with Gasteiger partial charge >= 0.3 is 0 Å². The van der Waals surface area contributed by atoms with Gasteiger partial charge in [0.1, 0.15) is 5.60 Å². The van der Waals surface area contributed by atoms with Gasteiger partial charge in [0.2, 0.25) is 5.91 Å². The van der Waals surface area contributed by atoms with E-state index in [4.69, 9.17) is 0 Å². The lowest BCUT2D eigenvalue weighted by atomic mass is 9.84. The van der Waals surface area contributed by atoms with Crippen LogP contribution in [0.2, 0.25) is 0 Å². The van der Waals surface area contributed by atoms with Gasteiger partial charge in [0.05, 0.1) is 11.2 Å². The van der Waals surface area contributed by atoms with Crippen LogP contribution in [0.1, 0.15) is 45.1 Å². The van der Waals surface area contributed by atoms with Crippen molar-refractivity contribution in [2.75, 3.05) is 44.2 Å². The van der Waals surface area contributed by atoms with Crippen molar-refractivity contribution in [2.24, 2.45) is 5.92 Å². The molecule has 3 fully saturated rings. The zero-order valence-corrected chi connectivity index (χ0v) is 21.4. The second-order valence-electron chi connectivity index (χ2n) is 11.1.